The van der Waals surface area contributed by atoms with Crippen LogP contribution in [0.5, 0.6) is 5.75 Å². The van der Waals surface area contributed by atoms with Crippen LogP contribution in [0.25, 0.3) is 0 Å². The van der Waals surface area contributed by atoms with Crippen LogP contribution in [-0.4, -0.2) is 42.5 Å². The van der Waals surface area contributed by atoms with Gasteiger partial charge < -0.3 is 15.0 Å². The quantitative estimate of drug-likeness (QED) is 0.861. The van der Waals surface area contributed by atoms with E-state index in [2.05, 4.69) is 5.32 Å². The molecule has 1 aliphatic heterocycles. The number of hydrogen-bond acceptors (Lipinski definition) is 3. The van der Waals surface area contributed by atoms with Crippen LogP contribution in [-0.2, 0) is 4.79 Å². The number of halogens is 1. The number of aryl methyl sites for hydroxylation is 2. The number of likely N-dealkylation sites (tertiary alicyclic amines) is 1. The van der Waals surface area contributed by atoms with Gasteiger partial charge in [0.1, 0.15) is 11.6 Å². The van der Waals surface area contributed by atoms with Gasteiger partial charge in [0.15, 0.2) is 6.61 Å². The van der Waals surface area contributed by atoms with Crippen molar-refractivity contribution in [3.05, 3.63) is 65.0 Å². The number of nitrogens with one attached hydrogen (secondary N) is 1. The summed E-state index contributed by atoms with van der Waals surface area (Å²) in [5.74, 6) is -0.336. The fraction of sp³-hybridized carbons (Fsp3) is 0.364. The van der Waals surface area contributed by atoms with Crippen LogP contribution < -0.4 is 10.1 Å². The molecule has 1 heterocycles. The van der Waals surface area contributed by atoms with Crippen molar-refractivity contribution >= 4 is 11.8 Å². The molecule has 2 aromatic rings. The Balaban J connectivity index is 1.45. The maximum atomic E-state index is 13.7. The van der Waals surface area contributed by atoms with E-state index >= 15 is 0 Å². The van der Waals surface area contributed by atoms with Crippen LogP contribution in [0, 0.1) is 19.7 Å². The van der Waals surface area contributed by atoms with Crippen LogP contribution in [0.3, 0.4) is 0 Å². The summed E-state index contributed by atoms with van der Waals surface area (Å²) in [5, 5.41) is 2.86. The minimum Gasteiger partial charge on any atom is -0.484 e. The van der Waals surface area contributed by atoms with E-state index in [1.807, 2.05) is 32.0 Å². The molecule has 3 rings (SSSR count). The summed E-state index contributed by atoms with van der Waals surface area (Å²) in [5.41, 5.74) is 2.34. The maximum Gasteiger partial charge on any atom is 0.260 e. The van der Waals surface area contributed by atoms with Crippen LogP contribution in [0.1, 0.15) is 34.3 Å². The lowest BCUT2D eigenvalue weighted by Gasteiger charge is -2.32. The Morgan fingerprint density at radius 2 is 1.82 bits per heavy atom. The fourth-order valence-corrected chi connectivity index (χ4v) is 3.22. The van der Waals surface area contributed by atoms with E-state index in [-0.39, 0.29) is 24.1 Å². The highest BCUT2D eigenvalue weighted by Crippen LogP contribution is 2.17. The standard InChI is InChI=1S/C22H25FN2O3/c1-15-7-8-18(13-16(15)2)28-14-21(26)25-11-9-17(10-12-25)24-22(27)19-5-3-4-6-20(19)23/h3-8,13,17H,9-12,14H2,1-2H3,(H,24,27). The summed E-state index contributed by atoms with van der Waals surface area (Å²) in [4.78, 5) is 26.3. The average molecular weight is 384 g/mol. The van der Waals surface area contributed by atoms with E-state index in [4.69, 9.17) is 4.74 Å². The van der Waals surface area contributed by atoms with Crippen molar-refractivity contribution < 1.29 is 18.7 Å². The second kappa shape index (κ2) is 8.87. The monoisotopic (exact) mass is 384 g/mol. The summed E-state index contributed by atoms with van der Waals surface area (Å²) in [7, 11) is 0. The molecule has 148 valence electrons. The molecular weight excluding hydrogens is 359 g/mol. The third-order valence-corrected chi connectivity index (χ3v) is 5.14. The van der Waals surface area contributed by atoms with E-state index in [9.17, 15) is 14.0 Å². The highest BCUT2D eigenvalue weighted by Gasteiger charge is 2.25. The Kier molecular flexibility index (Phi) is 6.29. The number of nitrogens with zero attached hydrogens (tertiary/aromatic N) is 1. The first-order chi connectivity index (χ1) is 13.4. The molecule has 0 atom stereocenters. The Bertz CT molecular complexity index is 861. The third-order valence-electron chi connectivity index (χ3n) is 5.14. The minimum absolute atomic E-state index is 0.00521. The van der Waals surface area contributed by atoms with Crippen molar-refractivity contribution in [3.8, 4) is 5.75 Å². The zero-order chi connectivity index (χ0) is 20.1. The van der Waals surface area contributed by atoms with Gasteiger partial charge in [-0.3, -0.25) is 9.59 Å². The van der Waals surface area contributed by atoms with Crippen LogP contribution >= 0.6 is 0 Å². The van der Waals surface area contributed by atoms with Gasteiger partial charge >= 0.3 is 0 Å². The molecule has 1 saturated heterocycles. The van der Waals surface area contributed by atoms with Crippen molar-refractivity contribution in [3.63, 3.8) is 0 Å². The molecule has 1 fully saturated rings. The molecule has 0 saturated carbocycles. The van der Waals surface area contributed by atoms with Crippen molar-refractivity contribution in [2.45, 2.75) is 32.7 Å². The summed E-state index contributed by atoms with van der Waals surface area (Å²) in [6, 6.07) is 11.6. The number of piperidine rings is 1. The third kappa shape index (κ3) is 4.88. The van der Waals surface area contributed by atoms with Crippen molar-refractivity contribution in [1.82, 2.24) is 10.2 Å². The molecule has 2 amide bonds. The SMILES string of the molecule is Cc1ccc(OCC(=O)N2CCC(NC(=O)c3ccccc3F)CC2)cc1C. The van der Waals surface area contributed by atoms with Gasteiger partial charge in [0.05, 0.1) is 5.56 Å². The molecule has 0 spiro atoms. The number of ether oxygens (including phenoxy) is 1. The van der Waals surface area contributed by atoms with Crippen LogP contribution in [0.2, 0.25) is 0 Å². The Hall–Kier alpha value is -2.89. The normalized spacial score (nSPS) is 14.6. The highest BCUT2D eigenvalue weighted by atomic mass is 19.1. The summed E-state index contributed by atoms with van der Waals surface area (Å²) in [6.45, 7) is 5.10. The average Bonchev–Trinajstić information content (AvgIpc) is 2.69. The summed E-state index contributed by atoms with van der Waals surface area (Å²) < 4.78 is 19.3. The molecule has 0 unspecified atom stereocenters. The molecule has 1 aliphatic rings. The lowest BCUT2D eigenvalue weighted by Crippen LogP contribution is -2.47. The van der Waals surface area contributed by atoms with Crippen molar-refractivity contribution in [2.24, 2.45) is 0 Å². The van der Waals surface area contributed by atoms with Crippen molar-refractivity contribution in [2.75, 3.05) is 19.7 Å². The van der Waals surface area contributed by atoms with Gasteiger partial charge in [0, 0.05) is 19.1 Å². The first kappa shape index (κ1) is 19.9. The molecule has 5 nitrogen and oxygen atoms in total. The number of hydrogen-bond donors (Lipinski definition) is 1. The molecule has 0 bridgehead atoms. The zero-order valence-electron chi connectivity index (χ0n) is 16.2. The summed E-state index contributed by atoms with van der Waals surface area (Å²) >= 11 is 0. The molecule has 2 aromatic carbocycles. The largest absolute Gasteiger partial charge is 0.484 e. The van der Waals surface area contributed by atoms with Gasteiger partial charge in [0.2, 0.25) is 0 Å². The molecular formula is C22H25FN2O3. The first-order valence-corrected chi connectivity index (χ1v) is 9.47. The molecule has 28 heavy (non-hydrogen) atoms. The Morgan fingerprint density at radius 3 is 2.50 bits per heavy atom. The van der Waals surface area contributed by atoms with Gasteiger partial charge in [-0.15, -0.1) is 0 Å². The number of rotatable bonds is 5. The van der Waals surface area contributed by atoms with Gasteiger partial charge in [-0.2, -0.15) is 0 Å². The Morgan fingerprint density at radius 1 is 1.11 bits per heavy atom. The van der Waals surface area contributed by atoms with Gasteiger partial charge in [-0.05, 0) is 62.1 Å². The maximum absolute atomic E-state index is 13.7. The molecule has 1 N–H and O–H groups in total. The van der Waals surface area contributed by atoms with Crippen LogP contribution in [0.15, 0.2) is 42.5 Å². The predicted molar refractivity (Wildman–Crippen MR) is 105 cm³/mol. The number of carbonyl (C=O) groups is 2. The van der Waals surface area contributed by atoms with Gasteiger partial charge in [-0.1, -0.05) is 18.2 Å². The number of carbonyl (C=O) groups excluding carboxylic acids is 2. The molecule has 0 radical (unpaired) electrons. The minimum atomic E-state index is -0.531. The summed E-state index contributed by atoms with van der Waals surface area (Å²) in [6.07, 6.45) is 1.27. The van der Waals surface area contributed by atoms with E-state index in [1.165, 1.54) is 17.7 Å². The van der Waals surface area contributed by atoms with E-state index in [1.54, 1.807) is 17.0 Å². The smallest absolute Gasteiger partial charge is 0.260 e. The number of amides is 2. The van der Waals surface area contributed by atoms with Gasteiger partial charge in [-0.25, -0.2) is 4.39 Å². The topological polar surface area (TPSA) is 58.6 Å². The number of benzene rings is 2. The van der Waals surface area contributed by atoms with E-state index in [0.717, 1.165) is 5.56 Å². The molecule has 0 aliphatic carbocycles. The molecule has 0 aromatic heterocycles. The fourth-order valence-electron chi connectivity index (χ4n) is 3.22. The molecule has 6 heteroatoms. The van der Waals surface area contributed by atoms with Gasteiger partial charge in [0.25, 0.3) is 11.8 Å². The zero-order valence-corrected chi connectivity index (χ0v) is 16.2. The van der Waals surface area contributed by atoms with E-state index in [0.29, 0.717) is 31.7 Å². The highest BCUT2D eigenvalue weighted by molar-refractivity contribution is 5.94. The predicted octanol–water partition coefficient (Wildman–Crippen LogP) is 3.24. The van der Waals surface area contributed by atoms with Crippen molar-refractivity contribution in [1.29, 1.82) is 0 Å². The second-order valence-corrected chi connectivity index (χ2v) is 7.14. The van der Waals surface area contributed by atoms with E-state index < -0.39 is 11.7 Å². The lowest BCUT2D eigenvalue weighted by molar-refractivity contribution is -0.134. The second-order valence-electron chi connectivity index (χ2n) is 7.14. The van der Waals surface area contributed by atoms with Crippen LogP contribution in [0.4, 0.5) is 4.39 Å². The first-order valence-electron chi connectivity index (χ1n) is 9.47. The Labute approximate surface area is 164 Å². The lowest BCUT2D eigenvalue weighted by atomic mass is 10.0.